The molecule has 126 valence electrons. The summed E-state index contributed by atoms with van der Waals surface area (Å²) < 4.78 is 5.77. The normalized spacial score (nSPS) is 15.6. The Labute approximate surface area is 136 Å². The second kappa shape index (κ2) is 12.5. The van der Waals surface area contributed by atoms with Crippen LogP contribution in [0.1, 0.15) is 51.5 Å². The van der Waals surface area contributed by atoms with Crippen molar-refractivity contribution in [2.45, 2.75) is 52.4 Å². The van der Waals surface area contributed by atoms with Gasteiger partial charge < -0.3 is 14.7 Å². The minimum atomic E-state index is 0.204. The molecule has 0 bridgehead atoms. The Kier molecular flexibility index (Phi) is 10.8. The molecule has 0 amide bonds. The van der Waals surface area contributed by atoms with Crippen LogP contribution in [0.25, 0.3) is 0 Å². The average Bonchev–Trinajstić information content (AvgIpc) is 2.84. The Morgan fingerprint density at radius 2 is 1.64 bits per heavy atom. The number of ether oxygens (including phenoxy) is 1. The van der Waals surface area contributed by atoms with Crippen LogP contribution in [0.4, 0.5) is 0 Å². The van der Waals surface area contributed by atoms with Gasteiger partial charge in [-0.25, -0.2) is 0 Å². The summed E-state index contributed by atoms with van der Waals surface area (Å²) in [5, 5.41) is 8.87. The van der Waals surface area contributed by atoms with E-state index in [4.69, 9.17) is 9.84 Å². The first-order valence-electron chi connectivity index (χ1n) is 8.93. The largest absolute Gasteiger partial charge is 0.494 e. The van der Waals surface area contributed by atoms with Crippen molar-refractivity contribution in [1.82, 2.24) is 4.90 Å². The van der Waals surface area contributed by atoms with Crippen LogP contribution in [0.3, 0.4) is 0 Å². The lowest BCUT2D eigenvalue weighted by molar-refractivity contribution is 0.240. The van der Waals surface area contributed by atoms with Crippen molar-refractivity contribution < 1.29 is 9.84 Å². The second-order valence-corrected chi connectivity index (χ2v) is 5.58. The fraction of sp³-hybridized carbons (Fsp3) is 0.684. The molecule has 0 atom stereocenters. The van der Waals surface area contributed by atoms with Gasteiger partial charge in [0.15, 0.2) is 0 Å². The smallest absolute Gasteiger partial charge is 0.119 e. The zero-order valence-corrected chi connectivity index (χ0v) is 14.4. The first kappa shape index (κ1) is 19.0. The van der Waals surface area contributed by atoms with Gasteiger partial charge in [0.05, 0.1) is 6.61 Å². The van der Waals surface area contributed by atoms with Crippen LogP contribution >= 0.6 is 0 Å². The summed E-state index contributed by atoms with van der Waals surface area (Å²) in [4.78, 5) is 2.57. The van der Waals surface area contributed by atoms with Crippen LogP contribution in [-0.4, -0.2) is 42.9 Å². The topological polar surface area (TPSA) is 32.7 Å². The molecule has 0 radical (unpaired) electrons. The fourth-order valence-corrected chi connectivity index (χ4v) is 2.72. The van der Waals surface area contributed by atoms with E-state index < -0.39 is 0 Å². The van der Waals surface area contributed by atoms with Crippen molar-refractivity contribution in [1.29, 1.82) is 0 Å². The van der Waals surface area contributed by atoms with Crippen molar-refractivity contribution in [3.8, 4) is 5.75 Å². The summed E-state index contributed by atoms with van der Waals surface area (Å²) in [7, 11) is 0. The van der Waals surface area contributed by atoms with Gasteiger partial charge in [-0.05, 0) is 56.5 Å². The molecule has 0 spiro atoms. The highest BCUT2D eigenvalue weighted by Crippen LogP contribution is 2.13. The van der Waals surface area contributed by atoms with Gasteiger partial charge >= 0.3 is 0 Å². The summed E-state index contributed by atoms with van der Waals surface area (Å²) in [6.07, 6.45) is 7.31. The summed E-state index contributed by atoms with van der Waals surface area (Å²) in [5.74, 6) is 0.933. The van der Waals surface area contributed by atoms with Gasteiger partial charge in [0.2, 0.25) is 0 Å². The fourth-order valence-electron chi connectivity index (χ4n) is 2.72. The number of aliphatic hydroxyl groups excluding tert-OH is 1. The van der Waals surface area contributed by atoms with Crippen LogP contribution in [0.5, 0.6) is 5.75 Å². The molecule has 1 heterocycles. The molecule has 3 heteroatoms. The van der Waals surface area contributed by atoms with E-state index in [0.717, 1.165) is 37.3 Å². The van der Waals surface area contributed by atoms with Gasteiger partial charge in [-0.1, -0.05) is 38.8 Å². The molecule has 1 aromatic rings. The van der Waals surface area contributed by atoms with E-state index in [1.54, 1.807) is 0 Å². The molecule has 0 aliphatic carbocycles. The van der Waals surface area contributed by atoms with Gasteiger partial charge in [-0.15, -0.1) is 0 Å². The number of aliphatic hydroxyl groups is 1. The number of benzene rings is 1. The molecule has 1 N–H and O–H groups in total. The Hall–Kier alpha value is -1.06. The second-order valence-electron chi connectivity index (χ2n) is 5.58. The molecule has 1 aliphatic heterocycles. The number of hydrogen-bond donors (Lipinski definition) is 1. The Balaban J connectivity index is 0.00000116. The molecule has 1 aromatic carbocycles. The quantitative estimate of drug-likeness (QED) is 0.776. The molecule has 2 rings (SSSR count). The predicted molar refractivity (Wildman–Crippen MR) is 93.6 cm³/mol. The predicted octanol–water partition coefficient (Wildman–Crippen LogP) is 3.89. The molecular weight excluding hydrogens is 274 g/mol. The van der Waals surface area contributed by atoms with Crippen LogP contribution in [0.2, 0.25) is 0 Å². The average molecular weight is 307 g/mol. The van der Waals surface area contributed by atoms with Crippen molar-refractivity contribution in [2.75, 3.05) is 32.8 Å². The van der Waals surface area contributed by atoms with Crippen molar-refractivity contribution in [2.24, 2.45) is 0 Å². The first-order chi connectivity index (χ1) is 10.9. The molecular formula is C19H33NO2. The van der Waals surface area contributed by atoms with Crippen molar-refractivity contribution in [3.63, 3.8) is 0 Å². The van der Waals surface area contributed by atoms with E-state index in [9.17, 15) is 0 Å². The zero-order valence-electron chi connectivity index (χ0n) is 14.4. The molecule has 0 saturated carbocycles. The van der Waals surface area contributed by atoms with Gasteiger partial charge in [-0.2, -0.15) is 0 Å². The third kappa shape index (κ3) is 7.81. The summed E-state index contributed by atoms with van der Waals surface area (Å²) in [6.45, 7) is 8.67. The van der Waals surface area contributed by atoms with E-state index in [1.807, 2.05) is 38.1 Å². The number of hydrogen-bond acceptors (Lipinski definition) is 3. The minimum Gasteiger partial charge on any atom is -0.494 e. The summed E-state index contributed by atoms with van der Waals surface area (Å²) in [6, 6.07) is 8.05. The van der Waals surface area contributed by atoms with Gasteiger partial charge in [-0.3, -0.25) is 0 Å². The molecule has 3 nitrogen and oxygen atoms in total. The van der Waals surface area contributed by atoms with Crippen LogP contribution in [-0.2, 0) is 6.42 Å². The first-order valence-corrected chi connectivity index (χ1v) is 8.93. The molecule has 22 heavy (non-hydrogen) atoms. The van der Waals surface area contributed by atoms with Gasteiger partial charge in [0.1, 0.15) is 5.75 Å². The third-order valence-corrected chi connectivity index (χ3v) is 3.91. The zero-order chi connectivity index (χ0) is 16.0. The van der Waals surface area contributed by atoms with Gasteiger partial charge in [0, 0.05) is 13.2 Å². The maximum Gasteiger partial charge on any atom is 0.119 e. The lowest BCUT2D eigenvalue weighted by Gasteiger charge is -2.19. The summed E-state index contributed by atoms with van der Waals surface area (Å²) in [5.41, 5.74) is 1.16. The van der Waals surface area contributed by atoms with Crippen LogP contribution in [0, 0.1) is 0 Å². The SMILES string of the molecule is CC.OCCc1ccc(OCCCN2CCCCCC2)cc1. The highest BCUT2D eigenvalue weighted by Gasteiger charge is 2.08. The highest BCUT2D eigenvalue weighted by molar-refractivity contribution is 5.27. The highest BCUT2D eigenvalue weighted by atomic mass is 16.5. The maximum atomic E-state index is 8.87. The van der Waals surface area contributed by atoms with E-state index in [1.165, 1.54) is 38.8 Å². The monoisotopic (exact) mass is 307 g/mol. The number of likely N-dealkylation sites (tertiary alicyclic amines) is 1. The Bertz CT molecular complexity index is 356. The van der Waals surface area contributed by atoms with Crippen LogP contribution in [0.15, 0.2) is 24.3 Å². The molecule has 0 unspecified atom stereocenters. The van der Waals surface area contributed by atoms with Crippen LogP contribution < -0.4 is 4.74 Å². The maximum absolute atomic E-state index is 8.87. The molecule has 1 aliphatic rings. The van der Waals surface area contributed by atoms with E-state index in [-0.39, 0.29) is 6.61 Å². The van der Waals surface area contributed by atoms with E-state index in [2.05, 4.69) is 4.90 Å². The Morgan fingerprint density at radius 1 is 1.00 bits per heavy atom. The lowest BCUT2D eigenvalue weighted by atomic mass is 10.1. The third-order valence-electron chi connectivity index (χ3n) is 3.91. The number of rotatable bonds is 7. The van der Waals surface area contributed by atoms with Crippen molar-refractivity contribution >= 4 is 0 Å². The minimum absolute atomic E-state index is 0.204. The lowest BCUT2D eigenvalue weighted by Crippen LogP contribution is -2.26. The number of nitrogens with zero attached hydrogens (tertiary/aromatic N) is 1. The van der Waals surface area contributed by atoms with Gasteiger partial charge in [0.25, 0.3) is 0 Å². The molecule has 1 fully saturated rings. The van der Waals surface area contributed by atoms with E-state index >= 15 is 0 Å². The molecule has 0 aromatic heterocycles. The van der Waals surface area contributed by atoms with E-state index in [0.29, 0.717) is 0 Å². The molecule has 1 saturated heterocycles. The van der Waals surface area contributed by atoms with Crippen molar-refractivity contribution in [3.05, 3.63) is 29.8 Å². The standard InChI is InChI=1S/C17H27NO2.C2H6/c19-14-10-16-6-8-17(9-7-16)20-15-5-13-18-11-3-1-2-4-12-18;1-2/h6-9,19H,1-5,10-15H2;1-2H3. The summed E-state index contributed by atoms with van der Waals surface area (Å²) >= 11 is 0. The Morgan fingerprint density at radius 3 is 2.23 bits per heavy atom.